The van der Waals surface area contributed by atoms with Gasteiger partial charge in [0.15, 0.2) is 0 Å². The van der Waals surface area contributed by atoms with Crippen molar-refractivity contribution in [2.24, 2.45) is 0 Å². The fourth-order valence-electron chi connectivity index (χ4n) is 0.954. The summed E-state index contributed by atoms with van der Waals surface area (Å²) in [5.41, 5.74) is 1.41. The number of benzene rings is 1. The van der Waals surface area contributed by atoms with Gasteiger partial charge >= 0.3 is 0 Å². The first kappa shape index (κ1) is 12.2. The zero-order valence-electron chi connectivity index (χ0n) is 7.93. The minimum absolute atomic E-state index is 0.280. The van der Waals surface area contributed by atoms with Crippen LogP contribution in [-0.4, -0.2) is 0 Å². The minimum Gasteiger partial charge on any atom is -0.207 e. The molecule has 0 N–H and O–H groups in total. The van der Waals surface area contributed by atoms with Crippen LogP contribution in [-0.2, 0) is 0 Å². The summed E-state index contributed by atoms with van der Waals surface area (Å²) in [6, 6.07) is 6.02. The van der Waals surface area contributed by atoms with Crippen molar-refractivity contribution in [1.82, 2.24) is 0 Å². The van der Waals surface area contributed by atoms with Crippen molar-refractivity contribution >= 4 is 32.0 Å². The van der Waals surface area contributed by atoms with E-state index in [-0.39, 0.29) is 5.82 Å². The Hall–Kier alpha value is -0.860. The van der Waals surface area contributed by atoms with Crippen molar-refractivity contribution in [2.75, 3.05) is 0 Å². The molecule has 1 rings (SSSR count). The van der Waals surface area contributed by atoms with Gasteiger partial charge in [-0.05, 0) is 39.2 Å². The second-order valence-electron chi connectivity index (χ2n) is 2.86. The van der Waals surface area contributed by atoms with Gasteiger partial charge in [0.1, 0.15) is 5.82 Å². The SMILES string of the molecule is C=CC(=C)/C(Cl)=C(\Br)c1ccc(F)cc1. The van der Waals surface area contributed by atoms with Crippen LogP contribution in [0.1, 0.15) is 5.56 Å². The van der Waals surface area contributed by atoms with Gasteiger partial charge in [-0.3, -0.25) is 0 Å². The largest absolute Gasteiger partial charge is 0.207 e. The van der Waals surface area contributed by atoms with Gasteiger partial charge in [0.05, 0.1) is 5.03 Å². The molecule has 0 amide bonds. The van der Waals surface area contributed by atoms with Crippen LogP contribution in [0.4, 0.5) is 4.39 Å². The Kier molecular flexibility index (Phi) is 4.30. The number of rotatable bonds is 3. The third kappa shape index (κ3) is 3.05. The lowest BCUT2D eigenvalue weighted by Gasteiger charge is -2.04. The predicted octanol–water partition coefficient (Wildman–Crippen LogP) is 4.87. The highest BCUT2D eigenvalue weighted by Gasteiger charge is 2.05. The van der Waals surface area contributed by atoms with E-state index in [9.17, 15) is 4.39 Å². The fourth-order valence-corrected chi connectivity index (χ4v) is 1.66. The van der Waals surface area contributed by atoms with Crippen LogP contribution >= 0.6 is 27.5 Å². The molecule has 15 heavy (non-hydrogen) atoms. The van der Waals surface area contributed by atoms with Gasteiger partial charge in [-0.1, -0.05) is 43.0 Å². The summed E-state index contributed by atoms with van der Waals surface area (Å²) in [6.07, 6.45) is 1.56. The summed E-state index contributed by atoms with van der Waals surface area (Å²) in [4.78, 5) is 0. The Morgan fingerprint density at radius 3 is 2.33 bits per heavy atom. The molecule has 0 atom stereocenters. The molecule has 0 bridgehead atoms. The summed E-state index contributed by atoms with van der Waals surface area (Å²) in [6.45, 7) is 7.30. The van der Waals surface area contributed by atoms with Crippen LogP contribution in [0.2, 0.25) is 0 Å². The van der Waals surface area contributed by atoms with Crippen molar-refractivity contribution in [3.8, 4) is 0 Å². The first-order valence-electron chi connectivity index (χ1n) is 4.19. The average molecular weight is 288 g/mol. The average Bonchev–Trinajstić information content (AvgIpc) is 2.27. The molecule has 0 unspecified atom stereocenters. The lowest BCUT2D eigenvalue weighted by molar-refractivity contribution is 0.628. The zero-order valence-corrected chi connectivity index (χ0v) is 10.3. The molecule has 0 heterocycles. The van der Waals surface area contributed by atoms with Gasteiger partial charge in [-0.15, -0.1) is 0 Å². The van der Waals surface area contributed by atoms with E-state index in [1.54, 1.807) is 18.2 Å². The molecule has 0 saturated heterocycles. The molecule has 0 aliphatic rings. The van der Waals surface area contributed by atoms with Crippen LogP contribution in [0.25, 0.3) is 4.48 Å². The molecule has 0 aliphatic heterocycles. The van der Waals surface area contributed by atoms with Gasteiger partial charge in [0.2, 0.25) is 0 Å². The normalized spacial score (nSPS) is 11.9. The van der Waals surface area contributed by atoms with E-state index in [2.05, 4.69) is 29.1 Å². The smallest absolute Gasteiger partial charge is 0.123 e. The highest BCUT2D eigenvalue weighted by Crippen LogP contribution is 2.31. The van der Waals surface area contributed by atoms with E-state index < -0.39 is 0 Å². The molecule has 0 saturated carbocycles. The van der Waals surface area contributed by atoms with Crippen LogP contribution in [0.5, 0.6) is 0 Å². The zero-order chi connectivity index (χ0) is 11.4. The molecular formula is C12H9BrClF. The maximum Gasteiger partial charge on any atom is 0.123 e. The first-order chi connectivity index (χ1) is 7.06. The topological polar surface area (TPSA) is 0 Å². The minimum atomic E-state index is -0.280. The summed E-state index contributed by atoms with van der Waals surface area (Å²) >= 11 is 9.36. The molecule has 1 aromatic rings. The molecule has 0 aliphatic carbocycles. The molecule has 1 aromatic carbocycles. The summed E-state index contributed by atoms with van der Waals surface area (Å²) in [7, 11) is 0. The Bertz CT molecular complexity index is 418. The second-order valence-corrected chi connectivity index (χ2v) is 4.04. The van der Waals surface area contributed by atoms with Gasteiger partial charge in [-0.25, -0.2) is 4.39 Å². The number of hydrogen-bond acceptors (Lipinski definition) is 0. The molecular weight excluding hydrogens is 278 g/mol. The van der Waals surface area contributed by atoms with E-state index in [1.165, 1.54) is 12.1 Å². The van der Waals surface area contributed by atoms with Crippen LogP contribution in [0, 0.1) is 5.82 Å². The molecule has 0 fully saturated rings. The van der Waals surface area contributed by atoms with Crippen LogP contribution < -0.4 is 0 Å². The van der Waals surface area contributed by atoms with E-state index in [0.29, 0.717) is 15.1 Å². The van der Waals surface area contributed by atoms with Gasteiger partial charge in [0.25, 0.3) is 0 Å². The third-order valence-corrected chi connectivity index (χ3v) is 3.33. The van der Waals surface area contributed by atoms with E-state index >= 15 is 0 Å². The third-order valence-electron chi connectivity index (χ3n) is 1.82. The quantitative estimate of drug-likeness (QED) is 0.696. The van der Waals surface area contributed by atoms with Crippen molar-refractivity contribution in [1.29, 1.82) is 0 Å². The van der Waals surface area contributed by atoms with Crippen molar-refractivity contribution in [2.45, 2.75) is 0 Å². The molecule has 0 spiro atoms. The van der Waals surface area contributed by atoms with E-state index in [0.717, 1.165) is 5.56 Å². The van der Waals surface area contributed by atoms with Gasteiger partial charge < -0.3 is 0 Å². The van der Waals surface area contributed by atoms with Crippen LogP contribution in [0.15, 0.2) is 54.1 Å². The first-order valence-corrected chi connectivity index (χ1v) is 5.36. The highest BCUT2D eigenvalue weighted by atomic mass is 79.9. The lowest BCUT2D eigenvalue weighted by Crippen LogP contribution is -1.83. The fraction of sp³-hybridized carbons (Fsp3) is 0. The maximum atomic E-state index is 12.7. The molecule has 0 aromatic heterocycles. The highest BCUT2D eigenvalue weighted by molar-refractivity contribution is 9.15. The molecule has 0 nitrogen and oxygen atoms in total. The van der Waals surface area contributed by atoms with Gasteiger partial charge in [0, 0.05) is 4.48 Å². The Morgan fingerprint density at radius 2 is 1.87 bits per heavy atom. The Balaban J connectivity index is 3.12. The van der Waals surface area contributed by atoms with Crippen molar-refractivity contribution in [3.63, 3.8) is 0 Å². The standard InChI is InChI=1S/C12H9BrClF/c1-3-8(2)12(14)11(13)9-4-6-10(15)7-5-9/h3-7H,1-2H2/b12-11+. The molecule has 78 valence electrons. The summed E-state index contributed by atoms with van der Waals surface area (Å²) in [5.74, 6) is -0.280. The van der Waals surface area contributed by atoms with Crippen LogP contribution in [0.3, 0.4) is 0 Å². The molecule has 3 heteroatoms. The Labute approximate surface area is 102 Å². The monoisotopic (exact) mass is 286 g/mol. The molecule has 0 radical (unpaired) electrons. The summed E-state index contributed by atoms with van der Waals surface area (Å²) in [5, 5.41) is 0.469. The van der Waals surface area contributed by atoms with E-state index in [1.807, 2.05) is 0 Å². The predicted molar refractivity (Wildman–Crippen MR) is 67.4 cm³/mol. The lowest BCUT2D eigenvalue weighted by atomic mass is 10.1. The number of hydrogen-bond donors (Lipinski definition) is 0. The number of allylic oxidation sites excluding steroid dienone is 3. The second kappa shape index (κ2) is 5.29. The van der Waals surface area contributed by atoms with Crippen molar-refractivity contribution in [3.05, 3.63) is 65.5 Å². The Morgan fingerprint density at radius 1 is 1.33 bits per heavy atom. The number of halogens is 3. The summed E-state index contributed by atoms with van der Waals surface area (Å²) < 4.78 is 13.4. The van der Waals surface area contributed by atoms with Gasteiger partial charge in [-0.2, -0.15) is 0 Å². The van der Waals surface area contributed by atoms with E-state index in [4.69, 9.17) is 11.6 Å². The maximum absolute atomic E-state index is 12.7. The van der Waals surface area contributed by atoms with Crippen molar-refractivity contribution < 1.29 is 4.39 Å².